The van der Waals surface area contributed by atoms with Gasteiger partial charge in [-0.05, 0) is 38.3 Å². The molecule has 1 aliphatic carbocycles. The third-order valence-corrected chi connectivity index (χ3v) is 5.02. The van der Waals surface area contributed by atoms with E-state index in [9.17, 15) is 9.59 Å². The van der Waals surface area contributed by atoms with Crippen LogP contribution in [0.4, 0.5) is 5.69 Å². The highest BCUT2D eigenvalue weighted by molar-refractivity contribution is 6.03. The van der Waals surface area contributed by atoms with Gasteiger partial charge >= 0.3 is 0 Å². The maximum absolute atomic E-state index is 12.7. The Morgan fingerprint density at radius 3 is 2.65 bits per heavy atom. The Labute approximate surface area is 119 Å². The standard InChI is InChI=1S/C17H19NO2/c1-11-8-14-16(20)18(3)15-7-5-4-6-13(15)17(14,10-19)9-12(11)2/h4-7,10,14H,8-9H2,1-3H3/t14-,17-/m1/s1. The minimum atomic E-state index is -0.677. The second kappa shape index (κ2) is 4.30. The van der Waals surface area contributed by atoms with E-state index in [0.717, 1.165) is 17.5 Å². The van der Waals surface area contributed by atoms with Gasteiger partial charge in [-0.2, -0.15) is 0 Å². The maximum Gasteiger partial charge on any atom is 0.231 e. The Hall–Kier alpha value is -1.90. The van der Waals surface area contributed by atoms with Gasteiger partial charge in [-0.1, -0.05) is 29.3 Å². The SMILES string of the molecule is CC1=C(C)C[C@@]2(C=O)c3ccccc3N(C)C(=O)[C@H]2C1. The molecule has 0 radical (unpaired) electrons. The number of carbonyl (C=O) groups excluding carboxylic acids is 2. The van der Waals surface area contributed by atoms with Gasteiger partial charge in [0, 0.05) is 12.7 Å². The minimum Gasteiger partial charge on any atom is -0.315 e. The van der Waals surface area contributed by atoms with Gasteiger partial charge in [0.15, 0.2) is 0 Å². The Bertz CT molecular complexity index is 632. The molecule has 2 atom stereocenters. The molecule has 1 aromatic rings. The fourth-order valence-corrected chi connectivity index (χ4v) is 3.67. The van der Waals surface area contributed by atoms with Crippen molar-refractivity contribution in [1.29, 1.82) is 0 Å². The second-order valence-electron chi connectivity index (χ2n) is 6.07. The molecule has 104 valence electrons. The lowest BCUT2D eigenvalue weighted by Crippen LogP contribution is -2.53. The molecule has 0 saturated carbocycles. The van der Waals surface area contributed by atoms with E-state index in [1.807, 2.05) is 24.3 Å². The summed E-state index contributed by atoms with van der Waals surface area (Å²) in [6.07, 6.45) is 2.35. The topological polar surface area (TPSA) is 37.4 Å². The monoisotopic (exact) mass is 269 g/mol. The molecule has 0 spiro atoms. The Morgan fingerprint density at radius 1 is 1.25 bits per heavy atom. The highest BCUT2D eigenvalue weighted by Crippen LogP contribution is 2.51. The number of para-hydroxylation sites is 1. The van der Waals surface area contributed by atoms with Crippen LogP contribution in [0.1, 0.15) is 32.3 Å². The number of aldehydes is 1. The van der Waals surface area contributed by atoms with Crippen molar-refractivity contribution in [2.24, 2.45) is 5.92 Å². The van der Waals surface area contributed by atoms with Gasteiger partial charge in [-0.25, -0.2) is 0 Å². The second-order valence-corrected chi connectivity index (χ2v) is 6.07. The molecule has 2 aliphatic rings. The van der Waals surface area contributed by atoms with Gasteiger partial charge in [-0.15, -0.1) is 0 Å². The number of rotatable bonds is 1. The number of allylic oxidation sites excluding steroid dienone is 2. The average Bonchev–Trinajstić information content (AvgIpc) is 2.47. The Kier molecular flexibility index (Phi) is 2.82. The predicted octanol–water partition coefficient (Wildman–Crippen LogP) is 2.85. The van der Waals surface area contributed by atoms with Gasteiger partial charge < -0.3 is 9.69 Å². The van der Waals surface area contributed by atoms with Crippen LogP contribution in [0.5, 0.6) is 0 Å². The summed E-state index contributed by atoms with van der Waals surface area (Å²) in [5.41, 5.74) is 3.67. The van der Waals surface area contributed by atoms with E-state index >= 15 is 0 Å². The largest absolute Gasteiger partial charge is 0.315 e. The minimum absolute atomic E-state index is 0.0580. The molecule has 0 saturated heterocycles. The lowest BCUT2D eigenvalue weighted by atomic mass is 9.59. The van der Waals surface area contributed by atoms with Crippen molar-refractivity contribution >= 4 is 17.9 Å². The molecule has 3 rings (SSSR count). The number of amides is 1. The number of carbonyl (C=O) groups is 2. The summed E-state index contributed by atoms with van der Waals surface area (Å²) >= 11 is 0. The zero-order chi connectivity index (χ0) is 14.5. The number of hydrogen-bond donors (Lipinski definition) is 0. The molecular formula is C17H19NO2. The first-order chi connectivity index (χ1) is 9.51. The van der Waals surface area contributed by atoms with Crippen molar-refractivity contribution in [1.82, 2.24) is 0 Å². The Balaban J connectivity index is 2.28. The van der Waals surface area contributed by atoms with E-state index < -0.39 is 5.41 Å². The third kappa shape index (κ3) is 1.52. The molecular weight excluding hydrogens is 250 g/mol. The molecule has 3 heteroatoms. The van der Waals surface area contributed by atoms with Crippen LogP contribution in [-0.4, -0.2) is 19.2 Å². The number of nitrogens with zero attached hydrogens (tertiary/aromatic N) is 1. The fraction of sp³-hybridized carbons (Fsp3) is 0.412. The van der Waals surface area contributed by atoms with Crippen LogP contribution in [0.25, 0.3) is 0 Å². The van der Waals surface area contributed by atoms with E-state index in [2.05, 4.69) is 13.8 Å². The van der Waals surface area contributed by atoms with Crippen LogP contribution in [0.3, 0.4) is 0 Å². The number of anilines is 1. The summed E-state index contributed by atoms with van der Waals surface area (Å²) in [4.78, 5) is 26.4. The first-order valence-corrected chi connectivity index (χ1v) is 7.00. The third-order valence-electron chi connectivity index (χ3n) is 5.02. The van der Waals surface area contributed by atoms with E-state index in [4.69, 9.17) is 0 Å². The molecule has 1 heterocycles. The molecule has 0 bridgehead atoms. The summed E-state index contributed by atoms with van der Waals surface area (Å²) in [6, 6.07) is 7.78. The molecule has 0 unspecified atom stereocenters. The van der Waals surface area contributed by atoms with Gasteiger partial charge in [-0.3, -0.25) is 4.79 Å². The van der Waals surface area contributed by atoms with Gasteiger partial charge in [0.05, 0.1) is 11.3 Å². The van der Waals surface area contributed by atoms with Crippen molar-refractivity contribution in [2.45, 2.75) is 32.1 Å². The van der Waals surface area contributed by atoms with Crippen LogP contribution in [0.2, 0.25) is 0 Å². The van der Waals surface area contributed by atoms with E-state index in [1.165, 1.54) is 11.1 Å². The molecule has 0 fully saturated rings. The predicted molar refractivity (Wildman–Crippen MR) is 78.7 cm³/mol. The highest BCUT2D eigenvalue weighted by atomic mass is 16.2. The normalized spacial score (nSPS) is 29.1. The van der Waals surface area contributed by atoms with Gasteiger partial charge in [0.25, 0.3) is 0 Å². The molecule has 0 aromatic heterocycles. The number of fused-ring (bicyclic) bond motifs is 3. The summed E-state index contributed by atoms with van der Waals surface area (Å²) < 4.78 is 0. The Morgan fingerprint density at radius 2 is 1.95 bits per heavy atom. The van der Waals surface area contributed by atoms with Crippen molar-refractivity contribution < 1.29 is 9.59 Å². The molecule has 20 heavy (non-hydrogen) atoms. The summed E-state index contributed by atoms with van der Waals surface area (Å²) in [7, 11) is 1.80. The molecule has 1 aliphatic heterocycles. The van der Waals surface area contributed by atoms with Crippen LogP contribution in [0, 0.1) is 5.92 Å². The first kappa shape index (κ1) is 13.1. The molecule has 0 N–H and O–H groups in total. The van der Waals surface area contributed by atoms with Crippen LogP contribution < -0.4 is 4.90 Å². The average molecular weight is 269 g/mol. The van der Waals surface area contributed by atoms with E-state index in [-0.39, 0.29) is 11.8 Å². The summed E-state index contributed by atoms with van der Waals surface area (Å²) in [5, 5.41) is 0. The quantitative estimate of drug-likeness (QED) is 0.580. The lowest BCUT2D eigenvalue weighted by molar-refractivity contribution is -0.130. The van der Waals surface area contributed by atoms with Crippen molar-refractivity contribution in [3.63, 3.8) is 0 Å². The molecule has 1 aromatic carbocycles. The van der Waals surface area contributed by atoms with Gasteiger partial charge in [0.1, 0.15) is 6.29 Å². The zero-order valence-electron chi connectivity index (χ0n) is 12.1. The van der Waals surface area contributed by atoms with E-state index in [0.29, 0.717) is 12.8 Å². The lowest BCUT2D eigenvalue weighted by Gasteiger charge is -2.47. The summed E-state index contributed by atoms with van der Waals surface area (Å²) in [6.45, 7) is 4.14. The summed E-state index contributed by atoms with van der Waals surface area (Å²) in [5.74, 6) is -0.203. The van der Waals surface area contributed by atoms with Gasteiger partial charge in [0.2, 0.25) is 5.91 Å². The number of benzene rings is 1. The molecule has 3 nitrogen and oxygen atoms in total. The van der Waals surface area contributed by atoms with Crippen LogP contribution >= 0.6 is 0 Å². The number of hydrogen-bond acceptors (Lipinski definition) is 2. The zero-order valence-corrected chi connectivity index (χ0v) is 12.1. The fourth-order valence-electron chi connectivity index (χ4n) is 3.67. The van der Waals surface area contributed by atoms with Crippen LogP contribution in [-0.2, 0) is 15.0 Å². The van der Waals surface area contributed by atoms with Crippen molar-refractivity contribution in [3.05, 3.63) is 41.0 Å². The molecule has 1 amide bonds. The van der Waals surface area contributed by atoms with E-state index in [1.54, 1.807) is 11.9 Å². The maximum atomic E-state index is 12.7. The highest BCUT2D eigenvalue weighted by Gasteiger charge is 2.52. The first-order valence-electron chi connectivity index (χ1n) is 7.00. The smallest absolute Gasteiger partial charge is 0.231 e. The van der Waals surface area contributed by atoms with Crippen molar-refractivity contribution in [2.75, 3.05) is 11.9 Å². The van der Waals surface area contributed by atoms with Crippen molar-refractivity contribution in [3.8, 4) is 0 Å². The van der Waals surface area contributed by atoms with Crippen LogP contribution in [0.15, 0.2) is 35.4 Å².